The van der Waals surface area contributed by atoms with Crippen LogP contribution in [0.25, 0.3) is 0 Å². The molecule has 0 unspecified atom stereocenters. The highest BCUT2D eigenvalue weighted by molar-refractivity contribution is 7.08. The Morgan fingerprint density at radius 3 is 2.74 bits per heavy atom. The summed E-state index contributed by atoms with van der Waals surface area (Å²) in [5.41, 5.74) is 8.19. The summed E-state index contributed by atoms with van der Waals surface area (Å²) in [4.78, 5) is 0. The average molecular weight is 283 g/mol. The summed E-state index contributed by atoms with van der Waals surface area (Å²) in [6.07, 6.45) is 3.10. The maximum absolute atomic E-state index is 8.69. The molecule has 0 aliphatic rings. The zero-order chi connectivity index (χ0) is 14.3. The third-order valence-electron chi connectivity index (χ3n) is 3.48. The first-order valence-electron chi connectivity index (χ1n) is 6.68. The Morgan fingerprint density at radius 1 is 1.42 bits per heavy atom. The van der Waals surface area contributed by atoms with Crippen molar-refractivity contribution >= 4 is 17.2 Å². The predicted octanol–water partition coefficient (Wildman–Crippen LogP) is 3.09. The number of oxime groups is 1. The fourth-order valence-electron chi connectivity index (χ4n) is 1.87. The molecule has 0 atom stereocenters. The number of rotatable bonds is 8. The Kier molecular flexibility index (Phi) is 6.31. The molecule has 1 heterocycles. The Balaban J connectivity index is 2.14. The minimum Gasteiger partial charge on any atom is -0.409 e. The normalized spacial score (nSPS) is 12.9. The number of hydrogen-bond acceptors (Lipinski definition) is 4. The fourth-order valence-corrected chi connectivity index (χ4v) is 2.73. The number of amidine groups is 1. The molecule has 0 amide bonds. The second kappa shape index (κ2) is 7.50. The third-order valence-corrected chi connectivity index (χ3v) is 4.39. The highest BCUT2D eigenvalue weighted by Crippen LogP contribution is 2.23. The molecule has 0 fully saturated rings. The van der Waals surface area contributed by atoms with E-state index in [0.29, 0.717) is 5.84 Å². The van der Waals surface area contributed by atoms with Gasteiger partial charge in [0.2, 0.25) is 0 Å². The van der Waals surface area contributed by atoms with Crippen LogP contribution in [0.5, 0.6) is 0 Å². The van der Waals surface area contributed by atoms with E-state index in [2.05, 4.69) is 28.2 Å². The molecule has 0 saturated carbocycles. The van der Waals surface area contributed by atoms with Gasteiger partial charge in [-0.15, -0.1) is 0 Å². The van der Waals surface area contributed by atoms with Gasteiger partial charge in [-0.25, -0.2) is 0 Å². The van der Waals surface area contributed by atoms with Crippen molar-refractivity contribution in [3.05, 3.63) is 21.9 Å². The van der Waals surface area contributed by atoms with E-state index in [4.69, 9.17) is 10.9 Å². The summed E-state index contributed by atoms with van der Waals surface area (Å²) in [5, 5.41) is 19.6. The van der Waals surface area contributed by atoms with E-state index in [0.717, 1.165) is 32.4 Å². The number of nitrogens with one attached hydrogen (secondary N) is 1. The lowest BCUT2D eigenvalue weighted by atomic mass is 9.86. The summed E-state index contributed by atoms with van der Waals surface area (Å²) >= 11 is 1.75. The minimum atomic E-state index is -0.224. The molecule has 0 radical (unpaired) electrons. The van der Waals surface area contributed by atoms with Crippen LogP contribution < -0.4 is 11.1 Å². The van der Waals surface area contributed by atoms with Gasteiger partial charge in [0.05, 0.1) is 0 Å². The minimum absolute atomic E-state index is 0.224. The van der Waals surface area contributed by atoms with E-state index in [1.54, 1.807) is 11.3 Å². The van der Waals surface area contributed by atoms with Gasteiger partial charge in [0.25, 0.3) is 0 Å². The van der Waals surface area contributed by atoms with Crippen molar-refractivity contribution in [3.63, 3.8) is 0 Å². The van der Waals surface area contributed by atoms with Crippen molar-refractivity contribution < 1.29 is 5.21 Å². The third kappa shape index (κ3) is 5.20. The van der Waals surface area contributed by atoms with Gasteiger partial charge >= 0.3 is 0 Å². The fraction of sp³-hybridized carbons (Fsp3) is 0.643. The molecule has 5 heteroatoms. The van der Waals surface area contributed by atoms with E-state index in [9.17, 15) is 0 Å². The van der Waals surface area contributed by atoms with Gasteiger partial charge in [0, 0.05) is 12.0 Å². The van der Waals surface area contributed by atoms with Crippen molar-refractivity contribution in [2.24, 2.45) is 16.3 Å². The van der Waals surface area contributed by atoms with Crippen LogP contribution in [0.4, 0.5) is 0 Å². The van der Waals surface area contributed by atoms with Crippen molar-refractivity contribution in [2.45, 2.75) is 46.6 Å². The molecule has 0 aliphatic carbocycles. The van der Waals surface area contributed by atoms with Gasteiger partial charge < -0.3 is 16.3 Å². The van der Waals surface area contributed by atoms with Crippen LogP contribution in [0, 0.1) is 12.3 Å². The standard InChI is InChI=1S/C14H25N3OS/c1-11-9-19-10-12(11)8-16-7-5-4-6-14(2,3)13(15)17-18/h9-10,16,18H,4-8H2,1-3H3,(H2,15,17). The smallest absolute Gasteiger partial charge is 0.144 e. The average Bonchev–Trinajstić information content (AvgIpc) is 2.78. The first-order valence-corrected chi connectivity index (χ1v) is 7.62. The molecular weight excluding hydrogens is 258 g/mol. The quantitative estimate of drug-likeness (QED) is 0.226. The number of aryl methyl sites for hydroxylation is 1. The molecule has 1 rings (SSSR count). The maximum Gasteiger partial charge on any atom is 0.144 e. The summed E-state index contributed by atoms with van der Waals surface area (Å²) in [7, 11) is 0. The molecule has 1 aromatic heterocycles. The predicted molar refractivity (Wildman–Crippen MR) is 81.8 cm³/mol. The lowest BCUT2D eigenvalue weighted by Gasteiger charge is -2.22. The molecule has 0 spiro atoms. The van der Waals surface area contributed by atoms with Gasteiger partial charge in [-0.05, 0) is 48.2 Å². The lowest BCUT2D eigenvalue weighted by molar-refractivity contribution is 0.304. The molecule has 108 valence electrons. The van der Waals surface area contributed by atoms with Crippen molar-refractivity contribution in [1.29, 1.82) is 0 Å². The molecule has 4 N–H and O–H groups in total. The zero-order valence-electron chi connectivity index (χ0n) is 12.1. The van der Waals surface area contributed by atoms with Gasteiger partial charge in [0.15, 0.2) is 0 Å². The maximum atomic E-state index is 8.69. The Hall–Kier alpha value is -1.07. The molecule has 0 saturated heterocycles. The summed E-state index contributed by atoms with van der Waals surface area (Å²) < 4.78 is 0. The van der Waals surface area contributed by atoms with E-state index in [-0.39, 0.29) is 5.41 Å². The second-order valence-corrected chi connectivity index (χ2v) is 6.33. The molecule has 0 aromatic carbocycles. The van der Waals surface area contributed by atoms with Gasteiger partial charge in [-0.1, -0.05) is 25.4 Å². The highest BCUT2D eigenvalue weighted by atomic mass is 32.1. The van der Waals surface area contributed by atoms with E-state index in [1.807, 2.05) is 13.8 Å². The van der Waals surface area contributed by atoms with Crippen LogP contribution >= 0.6 is 11.3 Å². The van der Waals surface area contributed by atoms with Crippen molar-refractivity contribution in [2.75, 3.05) is 6.54 Å². The topological polar surface area (TPSA) is 70.6 Å². The molecule has 0 bridgehead atoms. The summed E-state index contributed by atoms with van der Waals surface area (Å²) in [5.74, 6) is 0.314. The van der Waals surface area contributed by atoms with Crippen molar-refractivity contribution in [3.8, 4) is 0 Å². The second-order valence-electron chi connectivity index (χ2n) is 5.58. The molecular formula is C14H25N3OS. The number of thiophene rings is 1. The number of nitrogens with two attached hydrogens (primary N) is 1. The monoisotopic (exact) mass is 283 g/mol. The largest absolute Gasteiger partial charge is 0.409 e. The molecule has 4 nitrogen and oxygen atoms in total. The van der Waals surface area contributed by atoms with Crippen LogP contribution in [0.1, 0.15) is 44.2 Å². The number of unbranched alkanes of at least 4 members (excludes halogenated alkanes) is 1. The first-order chi connectivity index (χ1) is 8.97. The zero-order valence-corrected chi connectivity index (χ0v) is 12.9. The molecule has 1 aromatic rings. The Morgan fingerprint density at radius 2 is 2.16 bits per heavy atom. The van der Waals surface area contributed by atoms with E-state index in [1.165, 1.54) is 11.1 Å². The highest BCUT2D eigenvalue weighted by Gasteiger charge is 2.22. The van der Waals surface area contributed by atoms with Crippen LogP contribution in [0.2, 0.25) is 0 Å². The van der Waals surface area contributed by atoms with Crippen LogP contribution in [-0.4, -0.2) is 17.6 Å². The number of hydrogen-bond donors (Lipinski definition) is 3. The summed E-state index contributed by atoms with van der Waals surface area (Å²) in [6.45, 7) is 8.10. The van der Waals surface area contributed by atoms with Gasteiger partial charge in [-0.3, -0.25) is 0 Å². The molecule has 19 heavy (non-hydrogen) atoms. The number of nitrogens with zero attached hydrogens (tertiary/aromatic N) is 1. The SMILES string of the molecule is Cc1cscc1CNCCCCC(C)(C)/C(N)=N/O. The lowest BCUT2D eigenvalue weighted by Crippen LogP contribution is -2.32. The van der Waals surface area contributed by atoms with Crippen LogP contribution in [0.3, 0.4) is 0 Å². The van der Waals surface area contributed by atoms with E-state index < -0.39 is 0 Å². The van der Waals surface area contributed by atoms with Crippen LogP contribution in [-0.2, 0) is 6.54 Å². The van der Waals surface area contributed by atoms with Crippen LogP contribution in [0.15, 0.2) is 15.9 Å². The van der Waals surface area contributed by atoms with Crippen molar-refractivity contribution in [1.82, 2.24) is 5.32 Å². The molecule has 0 aliphatic heterocycles. The first kappa shape index (κ1) is 16.0. The van der Waals surface area contributed by atoms with E-state index >= 15 is 0 Å². The van der Waals surface area contributed by atoms with Gasteiger partial charge in [-0.2, -0.15) is 11.3 Å². The Labute approximate surface area is 119 Å². The summed E-state index contributed by atoms with van der Waals surface area (Å²) in [6, 6.07) is 0. The van der Waals surface area contributed by atoms with Gasteiger partial charge in [0.1, 0.15) is 5.84 Å². The Bertz CT molecular complexity index is 413.